The Labute approximate surface area is 205 Å². The molecule has 3 aromatic heterocycles. The van der Waals surface area contributed by atoms with Crippen molar-refractivity contribution in [2.75, 3.05) is 0 Å². The Balaban J connectivity index is 0.000000164. The van der Waals surface area contributed by atoms with E-state index >= 15 is 0 Å². The summed E-state index contributed by atoms with van der Waals surface area (Å²) in [4.78, 5) is 9.88. The summed E-state index contributed by atoms with van der Waals surface area (Å²) in [5.74, 6) is 0. The monoisotopic (exact) mass is 607 g/mol. The number of benzene rings is 3. The van der Waals surface area contributed by atoms with E-state index in [2.05, 4.69) is 64.6 Å². The molecule has 0 amide bonds. The van der Waals surface area contributed by atoms with Gasteiger partial charge in [0.15, 0.2) is 0 Å². The summed E-state index contributed by atoms with van der Waals surface area (Å²) in [6.07, 6.45) is 3.66. The molecule has 6 rings (SSSR count). The van der Waals surface area contributed by atoms with Crippen LogP contribution in [0, 0.1) is 12.1 Å². The van der Waals surface area contributed by atoms with Gasteiger partial charge in [0, 0.05) is 38.2 Å². The topological polar surface area (TPSA) is 25.8 Å². The summed E-state index contributed by atoms with van der Waals surface area (Å²) >= 11 is 1.75. The number of nitrogens with zero attached hydrogens (tertiary/aromatic N) is 2. The second-order valence-corrected chi connectivity index (χ2v) is 7.98. The molecule has 0 aliphatic heterocycles. The van der Waals surface area contributed by atoms with Gasteiger partial charge in [-0.1, -0.05) is 48.5 Å². The first-order chi connectivity index (χ1) is 15.4. The standard InChI is InChI=1S/C17H10NS.C11H8N.Ir/c1-3-7-14-12(5-1)9-10-18-17(14)16-11-13-6-2-4-8-15(13)19-16;1-2-6-10(7-3-1)11-8-4-5-9-12-11;/h1-10H;1-6,8-9H;/q2*-1;. The number of hydrogen-bond acceptors (Lipinski definition) is 3. The molecule has 0 saturated heterocycles. The van der Waals surface area contributed by atoms with Crippen LogP contribution in [0.1, 0.15) is 0 Å². The van der Waals surface area contributed by atoms with Gasteiger partial charge in [0.2, 0.25) is 0 Å². The van der Waals surface area contributed by atoms with Crippen LogP contribution in [0.15, 0.2) is 109 Å². The van der Waals surface area contributed by atoms with E-state index < -0.39 is 0 Å². The third-order valence-electron chi connectivity index (χ3n) is 4.89. The fourth-order valence-electron chi connectivity index (χ4n) is 3.40. The first-order valence-corrected chi connectivity index (χ1v) is 10.8. The summed E-state index contributed by atoms with van der Waals surface area (Å²) in [5.41, 5.74) is 3.04. The second-order valence-electron chi connectivity index (χ2n) is 6.92. The Hall–Kier alpha value is -3.17. The van der Waals surface area contributed by atoms with E-state index in [9.17, 15) is 0 Å². The summed E-state index contributed by atoms with van der Waals surface area (Å²) < 4.78 is 1.26. The molecule has 3 aromatic carbocycles. The van der Waals surface area contributed by atoms with Crippen molar-refractivity contribution in [3.05, 3.63) is 122 Å². The predicted octanol–water partition coefficient (Wildman–Crippen LogP) is 7.46. The van der Waals surface area contributed by atoms with Crippen LogP contribution in [0.4, 0.5) is 0 Å². The molecule has 0 N–H and O–H groups in total. The van der Waals surface area contributed by atoms with Gasteiger partial charge in [0.05, 0.1) is 0 Å². The van der Waals surface area contributed by atoms with Gasteiger partial charge in [-0.15, -0.1) is 59.5 Å². The van der Waals surface area contributed by atoms with Crippen molar-refractivity contribution in [1.29, 1.82) is 0 Å². The first kappa shape index (κ1) is 22.0. The maximum absolute atomic E-state index is 4.55. The molecule has 0 aliphatic rings. The van der Waals surface area contributed by atoms with Crippen molar-refractivity contribution in [2.45, 2.75) is 0 Å². The van der Waals surface area contributed by atoms with Crippen molar-refractivity contribution in [2.24, 2.45) is 0 Å². The molecular formula is C28H18IrN2S-2. The van der Waals surface area contributed by atoms with Crippen LogP contribution >= 0.6 is 11.3 Å². The zero-order valence-electron chi connectivity index (χ0n) is 17.0. The SMILES string of the molecule is [Ir].[c-]1c(-c2nccc3ccccc23)sc2ccccc12.[c-]1ccccc1-c1ccccn1. The quantitative estimate of drug-likeness (QED) is 0.191. The van der Waals surface area contributed by atoms with Crippen LogP contribution in [0.2, 0.25) is 0 Å². The summed E-state index contributed by atoms with van der Waals surface area (Å²) in [6, 6.07) is 39.0. The Morgan fingerprint density at radius 1 is 0.688 bits per heavy atom. The number of rotatable bonds is 2. The van der Waals surface area contributed by atoms with Crippen LogP contribution < -0.4 is 0 Å². The largest absolute Gasteiger partial charge is 0.305 e. The normalized spacial score (nSPS) is 10.2. The van der Waals surface area contributed by atoms with Crippen molar-refractivity contribution in [1.82, 2.24) is 9.97 Å². The summed E-state index contributed by atoms with van der Waals surface area (Å²) in [5, 5.41) is 3.57. The van der Waals surface area contributed by atoms with E-state index in [4.69, 9.17) is 0 Å². The number of pyridine rings is 2. The molecule has 3 heterocycles. The van der Waals surface area contributed by atoms with Crippen LogP contribution in [0.25, 0.3) is 42.7 Å². The number of hydrogen-bond donors (Lipinski definition) is 0. The zero-order valence-corrected chi connectivity index (χ0v) is 20.2. The van der Waals surface area contributed by atoms with Gasteiger partial charge in [0.1, 0.15) is 0 Å². The zero-order chi connectivity index (χ0) is 20.9. The maximum atomic E-state index is 4.55. The van der Waals surface area contributed by atoms with Crippen molar-refractivity contribution < 1.29 is 20.1 Å². The van der Waals surface area contributed by atoms with E-state index in [1.807, 2.05) is 60.8 Å². The fourth-order valence-corrected chi connectivity index (χ4v) is 4.42. The van der Waals surface area contributed by atoms with Gasteiger partial charge in [-0.2, -0.15) is 0 Å². The van der Waals surface area contributed by atoms with Crippen LogP contribution in [0.3, 0.4) is 0 Å². The molecule has 157 valence electrons. The molecule has 32 heavy (non-hydrogen) atoms. The molecule has 1 radical (unpaired) electrons. The van der Waals surface area contributed by atoms with Gasteiger partial charge in [-0.25, -0.2) is 11.3 Å². The first-order valence-electron chi connectivity index (χ1n) is 10.0. The number of fused-ring (bicyclic) bond motifs is 2. The molecule has 6 aromatic rings. The average Bonchev–Trinajstić information content (AvgIpc) is 3.29. The predicted molar refractivity (Wildman–Crippen MR) is 130 cm³/mol. The Morgan fingerprint density at radius 2 is 1.50 bits per heavy atom. The van der Waals surface area contributed by atoms with Crippen LogP contribution in [0.5, 0.6) is 0 Å². The van der Waals surface area contributed by atoms with E-state index in [1.54, 1.807) is 17.5 Å². The Kier molecular flexibility index (Phi) is 7.18. The summed E-state index contributed by atoms with van der Waals surface area (Å²) in [6.45, 7) is 0. The molecule has 2 nitrogen and oxygen atoms in total. The van der Waals surface area contributed by atoms with Crippen molar-refractivity contribution in [3.8, 4) is 21.8 Å². The summed E-state index contributed by atoms with van der Waals surface area (Å²) in [7, 11) is 0. The van der Waals surface area contributed by atoms with Gasteiger partial charge in [0.25, 0.3) is 0 Å². The number of aromatic nitrogens is 2. The molecule has 0 spiro atoms. The van der Waals surface area contributed by atoms with Gasteiger partial charge >= 0.3 is 0 Å². The molecular weight excluding hydrogens is 589 g/mol. The molecule has 0 atom stereocenters. The number of thiophene rings is 1. The van der Waals surface area contributed by atoms with E-state index in [0.29, 0.717) is 0 Å². The minimum Gasteiger partial charge on any atom is -0.305 e. The molecule has 0 saturated carbocycles. The van der Waals surface area contributed by atoms with Crippen molar-refractivity contribution >= 4 is 32.2 Å². The van der Waals surface area contributed by atoms with E-state index in [1.165, 1.54) is 15.5 Å². The minimum absolute atomic E-state index is 0. The average molecular weight is 607 g/mol. The van der Waals surface area contributed by atoms with E-state index in [-0.39, 0.29) is 20.1 Å². The smallest absolute Gasteiger partial charge is 0.0167 e. The Morgan fingerprint density at radius 3 is 2.31 bits per heavy atom. The second kappa shape index (κ2) is 10.4. The maximum Gasteiger partial charge on any atom is 0.0167 e. The van der Waals surface area contributed by atoms with Crippen LogP contribution in [-0.4, -0.2) is 9.97 Å². The minimum atomic E-state index is 0. The van der Waals surface area contributed by atoms with Gasteiger partial charge in [-0.05, 0) is 38.2 Å². The third kappa shape index (κ3) is 4.84. The van der Waals surface area contributed by atoms with E-state index in [0.717, 1.165) is 27.2 Å². The Bertz CT molecular complexity index is 1350. The molecule has 0 aliphatic carbocycles. The third-order valence-corrected chi connectivity index (χ3v) is 5.96. The molecule has 0 fully saturated rings. The molecule has 0 unspecified atom stereocenters. The van der Waals surface area contributed by atoms with Crippen molar-refractivity contribution in [3.63, 3.8) is 0 Å². The van der Waals surface area contributed by atoms with Gasteiger partial charge < -0.3 is 9.97 Å². The van der Waals surface area contributed by atoms with Gasteiger partial charge in [-0.3, -0.25) is 0 Å². The van der Waals surface area contributed by atoms with Crippen LogP contribution in [-0.2, 0) is 20.1 Å². The molecule has 0 bridgehead atoms. The fraction of sp³-hybridized carbons (Fsp3) is 0. The molecule has 4 heteroatoms.